The highest BCUT2D eigenvalue weighted by atomic mass is 32.2. The summed E-state index contributed by atoms with van der Waals surface area (Å²) in [5, 5.41) is 0.217. The van der Waals surface area contributed by atoms with E-state index < -0.39 is 5.82 Å². The van der Waals surface area contributed by atoms with E-state index in [1.54, 1.807) is 24.5 Å². The van der Waals surface area contributed by atoms with Crippen LogP contribution in [-0.4, -0.2) is 15.0 Å². The highest BCUT2D eigenvalue weighted by molar-refractivity contribution is 7.99. The lowest BCUT2D eigenvalue weighted by molar-refractivity contribution is 0.580. The highest BCUT2D eigenvalue weighted by Crippen LogP contribution is 2.27. The Morgan fingerprint density at radius 3 is 2.75 bits per heavy atom. The van der Waals surface area contributed by atoms with Gasteiger partial charge in [0.05, 0.1) is 6.20 Å². The van der Waals surface area contributed by atoms with Crippen molar-refractivity contribution in [2.45, 2.75) is 9.92 Å². The fourth-order valence-corrected chi connectivity index (χ4v) is 1.77. The van der Waals surface area contributed by atoms with Crippen LogP contribution in [0.15, 0.2) is 40.6 Å². The quantitative estimate of drug-likeness (QED) is 0.478. The fourth-order valence-electron chi connectivity index (χ4n) is 1.01. The van der Waals surface area contributed by atoms with Crippen molar-refractivity contribution < 1.29 is 4.39 Å². The molecule has 0 aromatic carbocycles. The Kier molecular flexibility index (Phi) is 3.28. The molecule has 0 atom stereocenters. The van der Waals surface area contributed by atoms with Crippen molar-refractivity contribution in [2.75, 3.05) is 5.43 Å². The van der Waals surface area contributed by atoms with Crippen LogP contribution in [0.3, 0.4) is 0 Å². The first-order valence-corrected chi connectivity index (χ1v) is 5.18. The maximum Gasteiger partial charge on any atom is 0.238 e. The van der Waals surface area contributed by atoms with Gasteiger partial charge in [0.1, 0.15) is 5.03 Å². The van der Waals surface area contributed by atoms with Crippen LogP contribution in [0.25, 0.3) is 0 Å². The first-order valence-electron chi connectivity index (χ1n) is 4.36. The molecule has 0 radical (unpaired) electrons. The number of aromatic nitrogens is 3. The molecule has 7 heteroatoms. The van der Waals surface area contributed by atoms with Crippen LogP contribution in [0.2, 0.25) is 0 Å². The van der Waals surface area contributed by atoms with E-state index >= 15 is 0 Å². The van der Waals surface area contributed by atoms with Gasteiger partial charge in [-0.2, -0.15) is 0 Å². The number of anilines is 1. The molecule has 0 aliphatic carbocycles. The molecule has 0 bridgehead atoms. The molecule has 0 aliphatic heterocycles. The number of nitrogens with two attached hydrogens (primary N) is 1. The topological polar surface area (TPSA) is 76.7 Å². The van der Waals surface area contributed by atoms with Crippen LogP contribution in [0.4, 0.5) is 10.3 Å². The molecule has 16 heavy (non-hydrogen) atoms. The van der Waals surface area contributed by atoms with Crippen molar-refractivity contribution >= 4 is 17.7 Å². The Labute approximate surface area is 95.3 Å². The molecule has 0 saturated carbocycles. The SMILES string of the molecule is NNc1ncc(F)c(Sc2ccncc2)n1. The van der Waals surface area contributed by atoms with Crippen LogP contribution in [0.5, 0.6) is 0 Å². The molecule has 3 N–H and O–H groups in total. The van der Waals surface area contributed by atoms with Crippen LogP contribution in [0, 0.1) is 5.82 Å². The molecule has 0 fully saturated rings. The standard InChI is InChI=1S/C9H8FN5S/c10-7-5-13-9(15-11)14-8(7)16-6-1-3-12-4-2-6/h1-5H,11H2,(H,13,14,15). The van der Waals surface area contributed by atoms with Crippen LogP contribution >= 0.6 is 11.8 Å². The third-order valence-electron chi connectivity index (χ3n) is 1.71. The first-order chi connectivity index (χ1) is 7.79. The maximum atomic E-state index is 13.4. The second-order valence-corrected chi connectivity index (χ2v) is 3.84. The average molecular weight is 237 g/mol. The summed E-state index contributed by atoms with van der Waals surface area (Å²) in [6.07, 6.45) is 4.33. The molecule has 0 aliphatic rings. The molecular weight excluding hydrogens is 229 g/mol. The minimum atomic E-state index is -0.485. The lowest BCUT2D eigenvalue weighted by atomic mass is 10.5. The van der Waals surface area contributed by atoms with E-state index in [0.29, 0.717) is 0 Å². The Morgan fingerprint density at radius 2 is 2.06 bits per heavy atom. The molecule has 0 unspecified atom stereocenters. The van der Waals surface area contributed by atoms with Crippen molar-refractivity contribution in [1.82, 2.24) is 15.0 Å². The number of hydrazine groups is 1. The van der Waals surface area contributed by atoms with Crippen molar-refractivity contribution in [3.63, 3.8) is 0 Å². The molecular formula is C9H8FN5S. The molecule has 2 heterocycles. The summed E-state index contributed by atoms with van der Waals surface area (Å²) in [6.45, 7) is 0. The summed E-state index contributed by atoms with van der Waals surface area (Å²) in [7, 11) is 0. The number of pyridine rings is 1. The van der Waals surface area contributed by atoms with Gasteiger partial charge < -0.3 is 0 Å². The van der Waals surface area contributed by atoms with E-state index in [9.17, 15) is 4.39 Å². The number of halogens is 1. The van der Waals surface area contributed by atoms with Crippen LogP contribution in [-0.2, 0) is 0 Å². The van der Waals surface area contributed by atoms with Crippen molar-refractivity contribution in [3.8, 4) is 0 Å². The second kappa shape index (κ2) is 4.86. The monoisotopic (exact) mass is 237 g/mol. The molecule has 2 aromatic heterocycles. The van der Waals surface area contributed by atoms with Gasteiger partial charge in [0.25, 0.3) is 0 Å². The van der Waals surface area contributed by atoms with Gasteiger partial charge in [0, 0.05) is 17.3 Å². The van der Waals surface area contributed by atoms with E-state index in [1.807, 2.05) is 0 Å². The van der Waals surface area contributed by atoms with Crippen molar-refractivity contribution in [1.29, 1.82) is 0 Å². The summed E-state index contributed by atoms with van der Waals surface area (Å²) in [5.74, 6) is 4.84. The van der Waals surface area contributed by atoms with Gasteiger partial charge in [-0.05, 0) is 12.1 Å². The highest BCUT2D eigenvalue weighted by Gasteiger charge is 2.07. The zero-order chi connectivity index (χ0) is 11.4. The molecule has 5 nitrogen and oxygen atoms in total. The zero-order valence-corrected chi connectivity index (χ0v) is 8.91. The van der Waals surface area contributed by atoms with Gasteiger partial charge in [-0.15, -0.1) is 0 Å². The average Bonchev–Trinajstić information content (AvgIpc) is 2.33. The van der Waals surface area contributed by atoms with E-state index in [2.05, 4.69) is 20.4 Å². The zero-order valence-electron chi connectivity index (χ0n) is 8.09. The third-order valence-corrected chi connectivity index (χ3v) is 2.69. The lowest BCUT2D eigenvalue weighted by Crippen LogP contribution is -2.11. The largest absolute Gasteiger partial charge is 0.292 e. The van der Waals surface area contributed by atoms with E-state index in [0.717, 1.165) is 11.1 Å². The Balaban J connectivity index is 2.27. The Bertz CT molecular complexity index is 479. The Morgan fingerprint density at radius 1 is 1.31 bits per heavy atom. The molecule has 0 saturated heterocycles. The van der Waals surface area contributed by atoms with Crippen LogP contribution < -0.4 is 11.3 Å². The number of nitrogen functional groups attached to an aromatic ring is 1. The molecule has 0 spiro atoms. The summed E-state index contributed by atoms with van der Waals surface area (Å²) < 4.78 is 13.4. The number of hydrogen-bond acceptors (Lipinski definition) is 6. The minimum absolute atomic E-state index is 0.179. The van der Waals surface area contributed by atoms with E-state index in [1.165, 1.54) is 11.8 Å². The van der Waals surface area contributed by atoms with E-state index in [-0.39, 0.29) is 11.0 Å². The van der Waals surface area contributed by atoms with Gasteiger partial charge >= 0.3 is 0 Å². The second-order valence-electron chi connectivity index (χ2n) is 2.78. The normalized spacial score (nSPS) is 10.1. The first kappa shape index (κ1) is 10.8. The van der Waals surface area contributed by atoms with E-state index in [4.69, 9.17) is 5.84 Å². The minimum Gasteiger partial charge on any atom is -0.292 e. The van der Waals surface area contributed by atoms with Crippen LogP contribution in [0.1, 0.15) is 0 Å². The number of rotatable bonds is 3. The summed E-state index contributed by atoms with van der Waals surface area (Å²) in [4.78, 5) is 12.3. The predicted octanol–water partition coefficient (Wildman–Crippen LogP) is 1.45. The smallest absolute Gasteiger partial charge is 0.238 e. The fraction of sp³-hybridized carbons (Fsp3) is 0. The summed E-state index contributed by atoms with van der Waals surface area (Å²) >= 11 is 1.18. The number of nitrogens with zero attached hydrogens (tertiary/aromatic N) is 3. The molecule has 82 valence electrons. The number of hydrogen-bond donors (Lipinski definition) is 2. The Hall–Kier alpha value is -1.73. The van der Waals surface area contributed by atoms with Crippen molar-refractivity contribution in [2.24, 2.45) is 5.84 Å². The lowest BCUT2D eigenvalue weighted by Gasteiger charge is -2.03. The summed E-state index contributed by atoms with van der Waals surface area (Å²) in [6, 6.07) is 3.53. The molecule has 2 aromatic rings. The van der Waals surface area contributed by atoms with Gasteiger partial charge in [-0.3, -0.25) is 10.4 Å². The predicted molar refractivity (Wildman–Crippen MR) is 58.2 cm³/mol. The van der Waals surface area contributed by atoms with Gasteiger partial charge in [0.15, 0.2) is 5.82 Å². The summed E-state index contributed by atoms with van der Waals surface area (Å²) in [5.41, 5.74) is 2.27. The van der Waals surface area contributed by atoms with Gasteiger partial charge in [-0.25, -0.2) is 20.2 Å². The maximum absolute atomic E-state index is 13.4. The van der Waals surface area contributed by atoms with Crippen molar-refractivity contribution in [3.05, 3.63) is 36.5 Å². The van der Waals surface area contributed by atoms with Gasteiger partial charge in [0.2, 0.25) is 5.95 Å². The van der Waals surface area contributed by atoms with Gasteiger partial charge in [-0.1, -0.05) is 11.8 Å². The third kappa shape index (κ3) is 2.44. The number of nitrogens with one attached hydrogen (secondary N) is 1. The molecule has 0 amide bonds. The molecule has 2 rings (SSSR count).